The molecule has 0 radical (unpaired) electrons. The number of rotatable bonds is 7. The van der Waals surface area contributed by atoms with Crippen LogP contribution in [-0.4, -0.2) is 38.7 Å². The van der Waals surface area contributed by atoms with Gasteiger partial charge in [0.25, 0.3) is 5.91 Å². The van der Waals surface area contributed by atoms with Gasteiger partial charge in [0.1, 0.15) is 11.7 Å². The minimum absolute atomic E-state index is 0.00617. The molecule has 2 atom stereocenters. The predicted octanol–water partition coefficient (Wildman–Crippen LogP) is 3.56. The topological polar surface area (TPSA) is 113 Å². The molecule has 2 amide bonds. The minimum atomic E-state index is -0.813. The number of carboxylic acids is 1. The second kappa shape index (κ2) is 9.60. The standard InChI is InChI=1S/C26H34N4O4/c1-16(2)26(25(33)34)14-18-9-10-20(13-19(18)15-26)28-24(32)22(17-7-5-4-6-8-17)29-23(31)21-11-12-27-30(21)3/h9-13,16-17,22H,4-8,14-15H2,1-3H3,(H,28,32)(H,29,31)(H,33,34)/t22-,26?/m0/s1. The number of fused-ring (bicyclic) bond motifs is 1. The summed E-state index contributed by atoms with van der Waals surface area (Å²) in [5, 5.41) is 19.9. The van der Waals surface area contributed by atoms with Gasteiger partial charge < -0.3 is 15.7 Å². The van der Waals surface area contributed by atoms with Crippen LogP contribution >= 0.6 is 0 Å². The number of benzene rings is 1. The number of amides is 2. The first-order chi connectivity index (χ1) is 16.2. The van der Waals surface area contributed by atoms with Crippen LogP contribution in [0.5, 0.6) is 0 Å². The normalized spacial score (nSPS) is 21.2. The van der Waals surface area contributed by atoms with Crippen molar-refractivity contribution in [3.05, 3.63) is 47.3 Å². The van der Waals surface area contributed by atoms with Gasteiger partial charge in [-0.15, -0.1) is 0 Å². The fourth-order valence-corrected chi connectivity index (χ4v) is 5.49. The number of aliphatic carboxylic acids is 1. The molecule has 1 fully saturated rings. The Morgan fingerprint density at radius 3 is 2.41 bits per heavy atom. The van der Waals surface area contributed by atoms with Crippen LogP contribution in [0.15, 0.2) is 30.5 Å². The summed E-state index contributed by atoms with van der Waals surface area (Å²) in [4.78, 5) is 38.4. The van der Waals surface area contributed by atoms with Crippen LogP contribution in [0, 0.1) is 17.3 Å². The highest BCUT2D eigenvalue weighted by molar-refractivity contribution is 6.00. The number of carboxylic acid groups (broad SMARTS) is 1. The molecule has 1 aromatic carbocycles. The van der Waals surface area contributed by atoms with E-state index in [2.05, 4.69) is 15.7 Å². The first-order valence-corrected chi connectivity index (χ1v) is 12.2. The molecule has 1 saturated carbocycles. The van der Waals surface area contributed by atoms with E-state index in [9.17, 15) is 19.5 Å². The molecule has 8 nitrogen and oxygen atoms in total. The van der Waals surface area contributed by atoms with Crippen LogP contribution < -0.4 is 10.6 Å². The maximum atomic E-state index is 13.4. The molecule has 0 bridgehead atoms. The summed E-state index contributed by atoms with van der Waals surface area (Å²) in [6.07, 6.45) is 7.52. The van der Waals surface area contributed by atoms with E-state index < -0.39 is 17.4 Å². The Bertz CT molecular complexity index is 1090. The molecule has 182 valence electrons. The quantitative estimate of drug-likeness (QED) is 0.577. The lowest BCUT2D eigenvalue weighted by molar-refractivity contribution is -0.151. The van der Waals surface area contributed by atoms with Gasteiger partial charge in [-0.2, -0.15) is 5.10 Å². The van der Waals surface area contributed by atoms with E-state index in [1.807, 2.05) is 32.0 Å². The third-order valence-corrected chi connectivity index (χ3v) is 7.76. The van der Waals surface area contributed by atoms with Gasteiger partial charge in [-0.25, -0.2) is 0 Å². The molecule has 4 rings (SSSR count). The first-order valence-electron chi connectivity index (χ1n) is 12.2. The Kier molecular flexibility index (Phi) is 6.77. The van der Waals surface area contributed by atoms with Crippen molar-refractivity contribution in [2.75, 3.05) is 5.32 Å². The molecular formula is C26H34N4O4. The lowest BCUT2D eigenvalue weighted by Crippen LogP contribution is -2.49. The number of nitrogens with one attached hydrogen (secondary N) is 2. The van der Waals surface area contributed by atoms with Gasteiger partial charge in [0.15, 0.2) is 0 Å². The van der Waals surface area contributed by atoms with Crippen molar-refractivity contribution < 1.29 is 19.5 Å². The van der Waals surface area contributed by atoms with E-state index in [4.69, 9.17) is 0 Å². The Hall–Kier alpha value is -3.16. The highest BCUT2D eigenvalue weighted by Gasteiger charge is 2.46. The molecule has 34 heavy (non-hydrogen) atoms. The zero-order chi connectivity index (χ0) is 24.5. The molecule has 1 heterocycles. The molecule has 8 heteroatoms. The van der Waals surface area contributed by atoms with Gasteiger partial charge in [0.05, 0.1) is 5.41 Å². The largest absolute Gasteiger partial charge is 0.481 e. The lowest BCUT2D eigenvalue weighted by Gasteiger charge is -2.30. The fraction of sp³-hybridized carbons (Fsp3) is 0.538. The number of hydrogen-bond acceptors (Lipinski definition) is 4. The maximum absolute atomic E-state index is 13.4. The molecule has 3 N–H and O–H groups in total. The zero-order valence-corrected chi connectivity index (χ0v) is 20.1. The molecule has 0 aliphatic heterocycles. The summed E-state index contributed by atoms with van der Waals surface area (Å²) in [6.45, 7) is 3.89. The molecule has 1 aromatic heterocycles. The van der Waals surface area contributed by atoms with Gasteiger partial charge >= 0.3 is 5.97 Å². The van der Waals surface area contributed by atoms with Gasteiger partial charge in [0.2, 0.25) is 5.91 Å². The van der Waals surface area contributed by atoms with E-state index in [1.165, 1.54) is 4.68 Å². The van der Waals surface area contributed by atoms with Crippen molar-refractivity contribution in [3.63, 3.8) is 0 Å². The average molecular weight is 467 g/mol. The second-order valence-corrected chi connectivity index (χ2v) is 10.1. The number of aromatic nitrogens is 2. The van der Waals surface area contributed by atoms with Crippen molar-refractivity contribution in [2.45, 2.75) is 64.8 Å². The van der Waals surface area contributed by atoms with Crippen LogP contribution in [0.3, 0.4) is 0 Å². The van der Waals surface area contributed by atoms with Crippen LogP contribution in [0.1, 0.15) is 67.6 Å². The van der Waals surface area contributed by atoms with E-state index in [0.717, 1.165) is 43.2 Å². The molecule has 0 saturated heterocycles. The van der Waals surface area contributed by atoms with Crippen molar-refractivity contribution in [2.24, 2.45) is 24.3 Å². The number of carbonyl (C=O) groups excluding carboxylic acids is 2. The zero-order valence-electron chi connectivity index (χ0n) is 20.1. The molecule has 0 spiro atoms. The monoisotopic (exact) mass is 466 g/mol. The first kappa shape index (κ1) is 24.0. The molecule has 2 aliphatic rings. The summed E-state index contributed by atoms with van der Waals surface area (Å²) in [5.41, 5.74) is 2.20. The summed E-state index contributed by atoms with van der Waals surface area (Å²) in [7, 11) is 1.70. The van der Waals surface area contributed by atoms with Crippen molar-refractivity contribution >= 4 is 23.5 Å². The van der Waals surface area contributed by atoms with Crippen LogP contribution in [0.2, 0.25) is 0 Å². The summed E-state index contributed by atoms with van der Waals surface area (Å²) in [5.74, 6) is -1.27. The smallest absolute Gasteiger partial charge is 0.310 e. The van der Waals surface area contributed by atoms with Crippen molar-refractivity contribution in [1.29, 1.82) is 0 Å². The van der Waals surface area contributed by atoms with E-state index in [-0.39, 0.29) is 23.7 Å². The van der Waals surface area contributed by atoms with Gasteiger partial charge in [0, 0.05) is 18.9 Å². The van der Waals surface area contributed by atoms with E-state index >= 15 is 0 Å². The highest BCUT2D eigenvalue weighted by atomic mass is 16.4. The predicted molar refractivity (Wildman–Crippen MR) is 128 cm³/mol. The maximum Gasteiger partial charge on any atom is 0.310 e. The van der Waals surface area contributed by atoms with Crippen LogP contribution in [-0.2, 0) is 29.5 Å². The third kappa shape index (κ3) is 4.58. The molecule has 1 unspecified atom stereocenters. The molecule has 2 aromatic rings. The number of anilines is 1. The minimum Gasteiger partial charge on any atom is -0.481 e. The number of aryl methyl sites for hydroxylation is 1. The number of nitrogens with zero attached hydrogens (tertiary/aromatic N) is 2. The fourth-order valence-electron chi connectivity index (χ4n) is 5.49. The highest BCUT2D eigenvalue weighted by Crippen LogP contribution is 2.43. The Morgan fingerprint density at radius 1 is 1.09 bits per heavy atom. The van der Waals surface area contributed by atoms with Crippen LogP contribution in [0.25, 0.3) is 0 Å². The van der Waals surface area contributed by atoms with Crippen LogP contribution in [0.4, 0.5) is 5.69 Å². The third-order valence-electron chi connectivity index (χ3n) is 7.76. The van der Waals surface area contributed by atoms with Crippen molar-refractivity contribution in [1.82, 2.24) is 15.1 Å². The number of carbonyl (C=O) groups is 3. The summed E-state index contributed by atoms with van der Waals surface area (Å²) in [6, 6.07) is 6.62. The van der Waals surface area contributed by atoms with Gasteiger partial charge in [-0.3, -0.25) is 19.1 Å². The average Bonchev–Trinajstić information content (AvgIpc) is 3.42. The SMILES string of the molecule is CC(C)C1(C(=O)O)Cc2ccc(NC(=O)[C@@H](NC(=O)c3ccnn3C)C3CCCCC3)cc2C1. The molecular weight excluding hydrogens is 432 g/mol. The Balaban J connectivity index is 1.53. The Morgan fingerprint density at radius 2 is 1.79 bits per heavy atom. The number of hydrogen-bond donors (Lipinski definition) is 3. The van der Waals surface area contributed by atoms with Gasteiger partial charge in [-0.05, 0) is 66.8 Å². The summed E-state index contributed by atoms with van der Waals surface area (Å²) < 4.78 is 1.50. The van der Waals surface area contributed by atoms with E-state index in [1.54, 1.807) is 19.3 Å². The molecule has 2 aliphatic carbocycles. The van der Waals surface area contributed by atoms with E-state index in [0.29, 0.717) is 24.2 Å². The lowest BCUT2D eigenvalue weighted by atomic mass is 9.75. The van der Waals surface area contributed by atoms with Crippen molar-refractivity contribution in [3.8, 4) is 0 Å². The van der Waals surface area contributed by atoms with Gasteiger partial charge in [-0.1, -0.05) is 39.2 Å². The summed E-state index contributed by atoms with van der Waals surface area (Å²) >= 11 is 0. The second-order valence-electron chi connectivity index (χ2n) is 10.1. The Labute approximate surface area is 200 Å².